The first-order valence-corrected chi connectivity index (χ1v) is 7.28. The second kappa shape index (κ2) is 6.47. The fourth-order valence-corrected chi connectivity index (χ4v) is 2.60. The molecule has 0 heterocycles. The number of rotatable bonds is 5. The fourth-order valence-electron chi connectivity index (χ4n) is 2.60. The number of nitrogens with two attached hydrogens (primary N) is 1. The highest BCUT2D eigenvalue weighted by atomic mass is 14.9. The van der Waals surface area contributed by atoms with Crippen LogP contribution in [0.1, 0.15) is 27.2 Å². The zero-order valence-corrected chi connectivity index (χ0v) is 12.6. The lowest BCUT2D eigenvalue weighted by molar-refractivity contribution is 0.540. The van der Waals surface area contributed by atoms with Crippen LogP contribution in [0, 0.1) is 5.92 Å². The maximum absolute atomic E-state index is 6.18. The molecule has 106 valence electrons. The summed E-state index contributed by atoms with van der Waals surface area (Å²) in [4.78, 5) is 0. The van der Waals surface area contributed by atoms with Gasteiger partial charge < -0.3 is 11.1 Å². The van der Waals surface area contributed by atoms with Crippen molar-refractivity contribution in [1.82, 2.24) is 0 Å². The van der Waals surface area contributed by atoms with Crippen molar-refractivity contribution in [2.45, 2.75) is 33.2 Å². The molecule has 0 amide bonds. The average Bonchev–Trinajstić information content (AvgIpc) is 2.41. The van der Waals surface area contributed by atoms with Gasteiger partial charge in [0, 0.05) is 11.6 Å². The SMILES string of the molecule is CC(C)CC(C)Nc1c(N)cccc1-c1ccccc1. The third-order valence-corrected chi connectivity index (χ3v) is 3.40. The van der Waals surface area contributed by atoms with E-state index in [0.717, 1.165) is 17.8 Å². The summed E-state index contributed by atoms with van der Waals surface area (Å²) in [5.41, 5.74) is 10.4. The van der Waals surface area contributed by atoms with Crippen LogP contribution in [0.25, 0.3) is 11.1 Å². The van der Waals surface area contributed by atoms with Crippen LogP contribution >= 0.6 is 0 Å². The summed E-state index contributed by atoms with van der Waals surface area (Å²) in [6, 6.07) is 16.9. The second-order valence-electron chi connectivity index (χ2n) is 5.81. The summed E-state index contributed by atoms with van der Waals surface area (Å²) >= 11 is 0. The Balaban J connectivity index is 2.32. The molecule has 2 heteroatoms. The zero-order valence-electron chi connectivity index (χ0n) is 12.6. The van der Waals surface area contributed by atoms with Crippen LogP contribution in [0.3, 0.4) is 0 Å². The van der Waals surface area contributed by atoms with Gasteiger partial charge in [-0.05, 0) is 30.9 Å². The van der Waals surface area contributed by atoms with Crippen molar-refractivity contribution in [1.29, 1.82) is 0 Å². The number of para-hydroxylation sites is 1. The Morgan fingerprint density at radius 2 is 1.65 bits per heavy atom. The van der Waals surface area contributed by atoms with E-state index in [1.165, 1.54) is 11.1 Å². The van der Waals surface area contributed by atoms with Gasteiger partial charge in [0.25, 0.3) is 0 Å². The molecule has 0 aliphatic rings. The minimum atomic E-state index is 0.405. The summed E-state index contributed by atoms with van der Waals surface area (Å²) in [6.45, 7) is 6.69. The number of hydrogen-bond acceptors (Lipinski definition) is 2. The van der Waals surface area contributed by atoms with Gasteiger partial charge in [-0.3, -0.25) is 0 Å². The monoisotopic (exact) mass is 268 g/mol. The van der Waals surface area contributed by atoms with Gasteiger partial charge in [-0.2, -0.15) is 0 Å². The van der Waals surface area contributed by atoms with E-state index in [4.69, 9.17) is 5.73 Å². The molecule has 0 spiro atoms. The molecule has 2 rings (SSSR count). The van der Waals surface area contributed by atoms with Crippen LogP contribution < -0.4 is 11.1 Å². The Kier molecular flexibility index (Phi) is 4.67. The highest BCUT2D eigenvalue weighted by Crippen LogP contribution is 2.33. The molecule has 0 bridgehead atoms. The van der Waals surface area contributed by atoms with Gasteiger partial charge in [0.05, 0.1) is 11.4 Å². The average molecular weight is 268 g/mol. The number of nitrogen functional groups attached to an aromatic ring is 1. The molecular weight excluding hydrogens is 244 g/mol. The molecule has 1 atom stereocenters. The number of benzene rings is 2. The van der Waals surface area contributed by atoms with Gasteiger partial charge in [0.1, 0.15) is 0 Å². The summed E-state index contributed by atoms with van der Waals surface area (Å²) < 4.78 is 0. The predicted octanol–water partition coefficient (Wildman–Crippen LogP) is 4.78. The first-order valence-electron chi connectivity index (χ1n) is 7.28. The maximum atomic E-state index is 6.18. The first-order chi connectivity index (χ1) is 9.58. The molecule has 0 aliphatic heterocycles. The quantitative estimate of drug-likeness (QED) is 0.766. The molecule has 2 nitrogen and oxygen atoms in total. The van der Waals surface area contributed by atoms with E-state index in [-0.39, 0.29) is 0 Å². The molecule has 3 N–H and O–H groups in total. The highest BCUT2D eigenvalue weighted by Gasteiger charge is 2.11. The first kappa shape index (κ1) is 14.4. The van der Waals surface area contributed by atoms with E-state index in [1.54, 1.807) is 0 Å². The Morgan fingerprint density at radius 1 is 0.950 bits per heavy atom. The standard InChI is InChI=1S/C18H24N2/c1-13(2)12-14(3)20-18-16(10-7-11-17(18)19)15-8-5-4-6-9-15/h4-11,13-14,20H,12,19H2,1-3H3. The molecule has 0 fully saturated rings. The largest absolute Gasteiger partial charge is 0.397 e. The number of nitrogens with one attached hydrogen (secondary N) is 1. The fraction of sp³-hybridized carbons (Fsp3) is 0.333. The molecule has 0 aromatic heterocycles. The van der Waals surface area contributed by atoms with Crippen molar-refractivity contribution in [3.63, 3.8) is 0 Å². The van der Waals surface area contributed by atoms with Crippen LogP contribution in [-0.4, -0.2) is 6.04 Å². The summed E-state index contributed by atoms with van der Waals surface area (Å²) in [7, 11) is 0. The molecule has 0 saturated heterocycles. The van der Waals surface area contributed by atoms with Gasteiger partial charge in [0.2, 0.25) is 0 Å². The van der Waals surface area contributed by atoms with Gasteiger partial charge in [-0.1, -0.05) is 56.3 Å². The Morgan fingerprint density at radius 3 is 2.30 bits per heavy atom. The number of anilines is 2. The number of hydrogen-bond donors (Lipinski definition) is 2. The van der Waals surface area contributed by atoms with Crippen molar-refractivity contribution in [3.05, 3.63) is 48.5 Å². The maximum Gasteiger partial charge on any atom is 0.0655 e. The highest BCUT2D eigenvalue weighted by molar-refractivity contribution is 5.86. The summed E-state index contributed by atoms with van der Waals surface area (Å²) in [5, 5.41) is 3.58. The van der Waals surface area contributed by atoms with E-state index in [0.29, 0.717) is 12.0 Å². The minimum absolute atomic E-state index is 0.405. The lowest BCUT2D eigenvalue weighted by atomic mass is 10.0. The van der Waals surface area contributed by atoms with E-state index in [1.807, 2.05) is 18.2 Å². The molecule has 2 aromatic carbocycles. The molecule has 2 aromatic rings. The van der Waals surface area contributed by atoms with Crippen molar-refractivity contribution in [2.75, 3.05) is 11.1 Å². The van der Waals surface area contributed by atoms with Gasteiger partial charge >= 0.3 is 0 Å². The van der Waals surface area contributed by atoms with Crippen molar-refractivity contribution >= 4 is 11.4 Å². The van der Waals surface area contributed by atoms with Gasteiger partial charge in [0.15, 0.2) is 0 Å². The Labute approximate surface area is 122 Å². The van der Waals surface area contributed by atoms with Crippen LogP contribution in [0.5, 0.6) is 0 Å². The van der Waals surface area contributed by atoms with Crippen LogP contribution in [0.15, 0.2) is 48.5 Å². The van der Waals surface area contributed by atoms with E-state index >= 15 is 0 Å². The molecule has 0 aliphatic carbocycles. The topological polar surface area (TPSA) is 38.0 Å². The van der Waals surface area contributed by atoms with Crippen LogP contribution in [-0.2, 0) is 0 Å². The molecular formula is C18H24N2. The Bertz CT molecular complexity index is 547. The normalized spacial score (nSPS) is 12.4. The predicted molar refractivity (Wildman–Crippen MR) is 88.8 cm³/mol. The second-order valence-corrected chi connectivity index (χ2v) is 5.81. The van der Waals surface area contributed by atoms with E-state index in [9.17, 15) is 0 Å². The minimum Gasteiger partial charge on any atom is -0.397 e. The van der Waals surface area contributed by atoms with Crippen LogP contribution in [0.4, 0.5) is 11.4 Å². The van der Waals surface area contributed by atoms with Crippen LogP contribution in [0.2, 0.25) is 0 Å². The van der Waals surface area contributed by atoms with Gasteiger partial charge in [-0.15, -0.1) is 0 Å². The summed E-state index contributed by atoms with van der Waals surface area (Å²) in [6.07, 6.45) is 1.13. The third kappa shape index (κ3) is 3.53. The summed E-state index contributed by atoms with van der Waals surface area (Å²) in [5.74, 6) is 0.669. The van der Waals surface area contributed by atoms with Crippen molar-refractivity contribution < 1.29 is 0 Å². The lowest BCUT2D eigenvalue weighted by Crippen LogP contribution is -2.18. The smallest absolute Gasteiger partial charge is 0.0655 e. The molecule has 1 unspecified atom stereocenters. The van der Waals surface area contributed by atoms with Crippen molar-refractivity contribution in [2.24, 2.45) is 5.92 Å². The molecule has 20 heavy (non-hydrogen) atoms. The van der Waals surface area contributed by atoms with Gasteiger partial charge in [-0.25, -0.2) is 0 Å². The molecule has 0 radical (unpaired) electrons. The zero-order chi connectivity index (χ0) is 14.5. The van der Waals surface area contributed by atoms with E-state index < -0.39 is 0 Å². The third-order valence-electron chi connectivity index (χ3n) is 3.40. The van der Waals surface area contributed by atoms with E-state index in [2.05, 4.69) is 56.4 Å². The Hall–Kier alpha value is -1.96. The lowest BCUT2D eigenvalue weighted by Gasteiger charge is -2.21. The molecule has 0 saturated carbocycles. The van der Waals surface area contributed by atoms with Crippen molar-refractivity contribution in [3.8, 4) is 11.1 Å².